The summed E-state index contributed by atoms with van der Waals surface area (Å²) in [5.74, 6) is -0.999. The third-order valence-electron chi connectivity index (χ3n) is 5.32. The number of rotatable bonds is 6. The highest BCUT2D eigenvalue weighted by atomic mass is 32.2. The Morgan fingerprint density at radius 3 is 2.45 bits per heavy atom. The predicted octanol–water partition coefficient (Wildman–Crippen LogP) is 4.00. The molecule has 7 nitrogen and oxygen atoms in total. The number of benzene rings is 1. The van der Waals surface area contributed by atoms with E-state index in [1.807, 2.05) is 0 Å². The smallest absolute Gasteiger partial charge is 0.461 e. The summed E-state index contributed by atoms with van der Waals surface area (Å²) in [6, 6.07) is 11.0. The third kappa shape index (κ3) is 4.18. The van der Waals surface area contributed by atoms with Gasteiger partial charge in [0, 0.05) is 24.8 Å². The molecule has 1 fully saturated rings. The van der Waals surface area contributed by atoms with E-state index < -0.39 is 33.6 Å². The number of hydrogen-bond acceptors (Lipinski definition) is 6. The number of quaternary nitrogens is 1. The van der Waals surface area contributed by atoms with Crippen LogP contribution in [0.1, 0.15) is 47.1 Å². The molecule has 1 aliphatic heterocycles. The van der Waals surface area contributed by atoms with Crippen LogP contribution in [0.4, 0.5) is 4.79 Å². The lowest BCUT2D eigenvalue weighted by Crippen LogP contribution is -2.61. The van der Waals surface area contributed by atoms with Crippen LogP contribution in [0.3, 0.4) is 0 Å². The van der Waals surface area contributed by atoms with Gasteiger partial charge in [-0.1, -0.05) is 42.1 Å². The summed E-state index contributed by atoms with van der Waals surface area (Å²) in [7, 11) is 0. The third-order valence-corrected chi connectivity index (χ3v) is 6.42. The van der Waals surface area contributed by atoms with Crippen molar-refractivity contribution >= 4 is 34.7 Å². The van der Waals surface area contributed by atoms with Crippen molar-refractivity contribution in [3.05, 3.63) is 60.1 Å². The summed E-state index contributed by atoms with van der Waals surface area (Å²) in [5, 5.41) is 8.37. The second-order valence-electron chi connectivity index (χ2n) is 7.07. The van der Waals surface area contributed by atoms with Crippen molar-refractivity contribution in [1.82, 2.24) is 0 Å². The van der Waals surface area contributed by atoms with Crippen LogP contribution in [0.2, 0.25) is 0 Å². The molecule has 0 radical (unpaired) electrons. The van der Waals surface area contributed by atoms with Gasteiger partial charge in [0.05, 0.1) is 12.8 Å². The summed E-state index contributed by atoms with van der Waals surface area (Å²) < 4.78 is 4.35. The molecule has 2 heterocycles. The van der Waals surface area contributed by atoms with E-state index in [-0.39, 0.29) is 23.8 Å². The number of carbonyl (C=O) groups excluding carboxylic acids is 3. The second kappa shape index (κ2) is 8.75. The number of amides is 2. The Balaban J connectivity index is 1.91. The first kappa shape index (κ1) is 21.0. The molecule has 1 N–H and O–H groups in total. The molecule has 1 aliphatic rings. The highest BCUT2D eigenvalue weighted by molar-refractivity contribution is 8.15. The second-order valence-corrected chi connectivity index (χ2v) is 8.24. The van der Waals surface area contributed by atoms with E-state index in [2.05, 4.69) is 0 Å². The number of carboxylic acid groups (broad SMARTS) is 1. The minimum Gasteiger partial charge on any atom is -0.461 e. The number of Topliss-reactive ketones (excluding diaryl/α,β-unsaturated/α-hetero) is 1. The van der Waals surface area contributed by atoms with Gasteiger partial charge in [0.15, 0.2) is 11.5 Å². The number of ketones is 1. The van der Waals surface area contributed by atoms with Crippen LogP contribution in [0.15, 0.2) is 53.1 Å². The molecular formula is C21H22NO6S+. The van der Waals surface area contributed by atoms with Crippen molar-refractivity contribution < 1.29 is 33.2 Å². The Bertz CT molecular complexity index is 911. The number of hydrogen-bond donors (Lipinski definition) is 1. The first-order chi connectivity index (χ1) is 13.9. The molecule has 0 aliphatic carbocycles. The van der Waals surface area contributed by atoms with E-state index in [0.717, 1.165) is 0 Å². The molecule has 0 spiro atoms. The summed E-state index contributed by atoms with van der Waals surface area (Å²) in [5.41, 5.74) is 0.386. The van der Waals surface area contributed by atoms with Crippen molar-refractivity contribution in [3.8, 4) is 0 Å². The van der Waals surface area contributed by atoms with Crippen LogP contribution >= 0.6 is 11.8 Å². The van der Waals surface area contributed by atoms with E-state index in [1.165, 1.54) is 12.3 Å². The van der Waals surface area contributed by atoms with Gasteiger partial charge in [0.2, 0.25) is 5.12 Å². The Morgan fingerprint density at radius 1 is 1.17 bits per heavy atom. The molecule has 152 valence electrons. The minimum atomic E-state index is -1.25. The fraction of sp³-hybridized carbons (Fsp3) is 0.333. The fourth-order valence-corrected chi connectivity index (χ4v) is 4.75. The van der Waals surface area contributed by atoms with Gasteiger partial charge in [-0.05, 0) is 19.1 Å². The normalized spacial score (nSPS) is 22.2. The highest BCUT2D eigenvalue weighted by Gasteiger charge is 2.55. The largest absolute Gasteiger partial charge is 0.521 e. The van der Waals surface area contributed by atoms with Crippen LogP contribution in [-0.2, 0) is 4.79 Å². The standard InChI is InChI=1S/C21H21NO6S/c1-14-7-5-11-22(14,21(26)27)19(24)18(13-16(23)17-10-6-12-28-17)29-20(25)15-8-3-2-4-9-15/h2-4,6,8-10,12,14,18H,5,7,11,13H2,1H3/p+1/t14-,18?,22?/m1/s1. The van der Waals surface area contributed by atoms with Gasteiger partial charge in [-0.15, -0.1) is 0 Å². The maximum Gasteiger partial charge on any atom is 0.521 e. The van der Waals surface area contributed by atoms with Gasteiger partial charge in [-0.3, -0.25) is 9.59 Å². The zero-order valence-corrected chi connectivity index (χ0v) is 16.8. The molecule has 3 atom stereocenters. The van der Waals surface area contributed by atoms with Crippen LogP contribution in [0.5, 0.6) is 0 Å². The average molecular weight is 416 g/mol. The van der Waals surface area contributed by atoms with Gasteiger partial charge in [0.1, 0.15) is 11.3 Å². The molecule has 0 saturated carbocycles. The molecule has 2 amide bonds. The lowest BCUT2D eigenvalue weighted by atomic mass is 10.1. The zero-order chi connectivity index (χ0) is 21.0. The van der Waals surface area contributed by atoms with Gasteiger partial charge >= 0.3 is 12.0 Å². The quantitative estimate of drug-likeness (QED) is 0.561. The van der Waals surface area contributed by atoms with Gasteiger partial charge in [0.25, 0.3) is 0 Å². The number of thioether (sulfide) groups is 1. The molecule has 2 aromatic rings. The maximum atomic E-state index is 13.4. The fourth-order valence-electron chi connectivity index (χ4n) is 3.70. The lowest BCUT2D eigenvalue weighted by molar-refractivity contribution is -0.792. The van der Waals surface area contributed by atoms with E-state index in [0.29, 0.717) is 30.2 Å². The van der Waals surface area contributed by atoms with Crippen molar-refractivity contribution in [2.24, 2.45) is 0 Å². The van der Waals surface area contributed by atoms with Crippen molar-refractivity contribution in [2.45, 2.75) is 37.5 Å². The summed E-state index contributed by atoms with van der Waals surface area (Å²) in [6.07, 6.45) is 0.975. The van der Waals surface area contributed by atoms with E-state index in [9.17, 15) is 24.3 Å². The Kier molecular flexibility index (Phi) is 6.34. The van der Waals surface area contributed by atoms with Crippen molar-refractivity contribution in [3.63, 3.8) is 0 Å². The van der Waals surface area contributed by atoms with Crippen LogP contribution < -0.4 is 0 Å². The van der Waals surface area contributed by atoms with Gasteiger partial charge < -0.3 is 9.52 Å². The maximum absolute atomic E-state index is 13.4. The molecule has 1 saturated heterocycles. The Hall–Kier alpha value is -2.71. The van der Waals surface area contributed by atoms with E-state index in [1.54, 1.807) is 43.3 Å². The van der Waals surface area contributed by atoms with Crippen LogP contribution in [0, 0.1) is 0 Å². The predicted molar refractivity (Wildman–Crippen MR) is 107 cm³/mol. The number of furan rings is 1. The number of likely N-dealkylation sites (tertiary alicyclic amines) is 1. The summed E-state index contributed by atoms with van der Waals surface area (Å²) in [4.78, 5) is 50.8. The molecule has 2 unspecified atom stereocenters. The average Bonchev–Trinajstić information content (AvgIpc) is 3.38. The van der Waals surface area contributed by atoms with Crippen LogP contribution in [0.25, 0.3) is 0 Å². The van der Waals surface area contributed by atoms with E-state index in [4.69, 9.17) is 4.42 Å². The van der Waals surface area contributed by atoms with Gasteiger partial charge in [-0.2, -0.15) is 9.28 Å². The van der Waals surface area contributed by atoms with Crippen molar-refractivity contribution in [1.29, 1.82) is 0 Å². The first-order valence-corrected chi connectivity index (χ1v) is 10.2. The molecule has 1 aromatic carbocycles. The SMILES string of the molecule is C[C@@H]1CCC[N+]1(C(=O)O)C(=O)C(CC(=O)c1ccco1)SC(=O)c1ccccc1. The lowest BCUT2D eigenvalue weighted by Gasteiger charge is -2.32. The first-order valence-electron chi connectivity index (χ1n) is 9.34. The Morgan fingerprint density at radius 2 is 1.90 bits per heavy atom. The molecule has 29 heavy (non-hydrogen) atoms. The Labute approximate surface area is 172 Å². The summed E-state index contributed by atoms with van der Waals surface area (Å²) in [6.45, 7) is 1.87. The molecular weight excluding hydrogens is 394 g/mol. The monoisotopic (exact) mass is 416 g/mol. The number of imide groups is 1. The molecule has 3 rings (SSSR count). The van der Waals surface area contributed by atoms with Gasteiger partial charge in [-0.25, -0.2) is 4.79 Å². The summed E-state index contributed by atoms with van der Waals surface area (Å²) >= 11 is 0.706. The molecule has 8 heteroatoms. The van der Waals surface area contributed by atoms with Crippen molar-refractivity contribution in [2.75, 3.05) is 6.54 Å². The molecule has 1 aromatic heterocycles. The zero-order valence-electron chi connectivity index (χ0n) is 15.9. The van der Waals surface area contributed by atoms with E-state index >= 15 is 0 Å². The molecule has 0 bridgehead atoms. The highest BCUT2D eigenvalue weighted by Crippen LogP contribution is 2.34. The number of carbonyl (C=O) groups is 4. The van der Waals surface area contributed by atoms with Crippen LogP contribution in [-0.4, -0.2) is 50.3 Å². The number of nitrogens with zero attached hydrogens (tertiary/aromatic N) is 1. The topological polar surface area (TPSA) is 102 Å². The minimum absolute atomic E-state index is 0.0758.